The van der Waals surface area contributed by atoms with E-state index in [2.05, 4.69) is 10.2 Å². The standard InChI is InChI=1S/C12H22N2O2/c1-12(11(15)16,13-10-5-6-10)9-14-7-3-2-4-8-14/h10,13H,2-9H2,1H3,(H,15,16). The largest absolute Gasteiger partial charge is 0.480 e. The first kappa shape index (κ1) is 11.9. The lowest BCUT2D eigenvalue weighted by molar-refractivity contribution is -0.145. The Bertz CT molecular complexity index is 260. The minimum atomic E-state index is -0.765. The maximum absolute atomic E-state index is 11.4. The van der Waals surface area contributed by atoms with Gasteiger partial charge in [-0.05, 0) is 45.7 Å². The van der Waals surface area contributed by atoms with Gasteiger partial charge in [-0.25, -0.2) is 0 Å². The van der Waals surface area contributed by atoms with E-state index in [1.807, 2.05) is 6.92 Å². The van der Waals surface area contributed by atoms with Crippen molar-refractivity contribution in [1.82, 2.24) is 10.2 Å². The van der Waals surface area contributed by atoms with Crippen molar-refractivity contribution in [2.24, 2.45) is 0 Å². The zero-order chi connectivity index (χ0) is 11.6. The first-order valence-corrected chi connectivity index (χ1v) is 6.34. The molecular formula is C12H22N2O2. The number of aliphatic carboxylic acids is 1. The monoisotopic (exact) mass is 226 g/mol. The summed E-state index contributed by atoms with van der Waals surface area (Å²) in [6.07, 6.45) is 5.96. The molecule has 0 bridgehead atoms. The van der Waals surface area contributed by atoms with Crippen LogP contribution in [0, 0.1) is 0 Å². The lowest BCUT2D eigenvalue weighted by Gasteiger charge is -2.35. The molecule has 0 aromatic carbocycles. The van der Waals surface area contributed by atoms with Crippen LogP contribution in [0.3, 0.4) is 0 Å². The van der Waals surface area contributed by atoms with Crippen LogP contribution in [0.1, 0.15) is 39.0 Å². The molecule has 1 heterocycles. The Morgan fingerprint density at radius 2 is 2.00 bits per heavy atom. The summed E-state index contributed by atoms with van der Waals surface area (Å²) >= 11 is 0. The van der Waals surface area contributed by atoms with Gasteiger partial charge in [0.25, 0.3) is 0 Å². The number of likely N-dealkylation sites (tertiary alicyclic amines) is 1. The summed E-state index contributed by atoms with van der Waals surface area (Å²) in [7, 11) is 0. The molecule has 2 rings (SSSR count). The average molecular weight is 226 g/mol. The van der Waals surface area contributed by atoms with Crippen LogP contribution in [0.5, 0.6) is 0 Å². The molecule has 16 heavy (non-hydrogen) atoms. The summed E-state index contributed by atoms with van der Waals surface area (Å²) in [4.78, 5) is 13.7. The van der Waals surface area contributed by atoms with Gasteiger partial charge in [0.05, 0.1) is 0 Å². The number of piperidine rings is 1. The Kier molecular flexibility index (Phi) is 3.50. The normalized spacial score (nSPS) is 26.3. The molecule has 1 atom stereocenters. The number of carbonyl (C=O) groups is 1. The highest BCUT2D eigenvalue weighted by Gasteiger charge is 2.39. The highest BCUT2D eigenvalue weighted by Crippen LogP contribution is 2.24. The van der Waals surface area contributed by atoms with E-state index in [0.717, 1.165) is 25.9 Å². The van der Waals surface area contributed by atoms with E-state index in [9.17, 15) is 9.90 Å². The maximum atomic E-state index is 11.4. The van der Waals surface area contributed by atoms with Crippen molar-refractivity contribution < 1.29 is 9.90 Å². The molecule has 1 aliphatic heterocycles. The Morgan fingerprint density at radius 1 is 1.38 bits per heavy atom. The van der Waals surface area contributed by atoms with Crippen LogP contribution in [0.15, 0.2) is 0 Å². The van der Waals surface area contributed by atoms with Crippen LogP contribution >= 0.6 is 0 Å². The van der Waals surface area contributed by atoms with Gasteiger partial charge in [-0.2, -0.15) is 0 Å². The van der Waals surface area contributed by atoms with Gasteiger partial charge >= 0.3 is 5.97 Å². The van der Waals surface area contributed by atoms with Crippen LogP contribution < -0.4 is 5.32 Å². The number of nitrogens with zero attached hydrogens (tertiary/aromatic N) is 1. The van der Waals surface area contributed by atoms with Crippen molar-refractivity contribution >= 4 is 5.97 Å². The Hall–Kier alpha value is -0.610. The van der Waals surface area contributed by atoms with Gasteiger partial charge in [0.15, 0.2) is 0 Å². The second-order valence-electron chi connectivity index (χ2n) is 5.39. The van der Waals surface area contributed by atoms with Crippen molar-refractivity contribution in [3.05, 3.63) is 0 Å². The van der Waals surface area contributed by atoms with Crippen LogP contribution in [0.2, 0.25) is 0 Å². The third-order valence-electron chi connectivity index (χ3n) is 3.56. The summed E-state index contributed by atoms with van der Waals surface area (Å²) in [6.45, 7) is 4.56. The van der Waals surface area contributed by atoms with Gasteiger partial charge in [0, 0.05) is 12.6 Å². The molecule has 4 heteroatoms. The second-order valence-corrected chi connectivity index (χ2v) is 5.39. The van der Waals surface area contributed by atoms with Crippen molar-refractivity contribution in [1.29, 1.82) is 0 Å². The maximum Gasteiger partial charge on any atom is 0.324 e. The van der Waals surface area contributed by atoms with Gasteiger partial charge in [-0.1, -0.05) is 6.42 Å². The van der Waals surface area contributed by atoms with Gasteiger partial charge in [-0.15, -0.1) is 0 Å². The van der Waals surface area contributed by atoms with E-state index in [4.69, 9.17) is 0 Å². The molecule has 0 aromatic rings. The smallest absolute Gasteiger partial charge is 0.324 e. The molecule has 2 N–H and O–H groups in total. The Balaban J connectivity index is 1.91. The summed E-state index contributed by atoms with van der Waals surface area (Å²) < 4.78 is 0. The molecular weight excluding hydrogens is 204 g/mol. The zero-order valence-corrected chi connectivity index (χ0v) is 10.0. The SMILES string of the molecule is CC(CN1CCCCC1)(NC1CC1)C(=O)O. The van der Waals surface area contributed by atoms with E-state index in [-0.39, 0.29) is 0 Å². The van der Waals surface area contributed by atoms with Crippen LogP contribution in [-0.2, 0) is 4.79 Å². The molecule has 1 unspecified atom stereocenters. The number of rotatable bonds is 5. The number of hydrogen-bond acceptors (Lipinski definition) is 3. The molecule has 0 spiro atoms. The lowest BCUT2D eigenvalue weighted by Crippen LogP contribution is -2.58. The predicted molar refractivity (Wildman–Crippen MR) is 62.5 cm³/mol. The quantitative estimate of drug-likeness (QED) is 0.736. The summed E-state index contributed by atoms with van der Waals surface area (Å²) in [5.41, 5.74) is -0.765. The highest BCUT2D eigenvalue weighted by atomic mass is 16.4. The third kappa shape index (κ3) is 2.95. The molecule has 2 aliphatic rings. The molecule has 1 aliphatic carbocycles. The number of nitrogens with one attached hydrogen (secondary N) is 1. The van der Waals surface area contributed by atoms with Crippen LogP contribution in [0.4, 0.5) is 0 Å². The van der Waals surface area contributed by atoms with Gasteiger partial charge in [-0.3, -0.25) is 10.1 Å². The first-order chi connectivity index (χ1) is 7.60. The Labute approximate surface area is 97.0 Å². The minimum absolute atomic E-state index is 0.436. The minimum Gasteiger partial charge on any atom is -0.480 e. The fourth-order valence-corrected chi connectivity index (χ4v) is 2.42. The van der Waals surface area contributed by atoms with E-state index in [1.165, 1.54) is 19.3 Å². The van der Waals surface area contributed by atoms with Gasteiger partial charge in [0.2, 0.25) is 0 Å². The zero-order valence-electron chi connectivity index (χ0n) is 10.0. The second kappa shape index (κ2) is 4.72. The van der Waals surface area contributed by atoms with E-state index < -0.39 is 11.5 Å². The lowest BCUT2D eigenvalue weighted by atomic mass is 10.00. The number of carboxylic acids is 1. The predicted octanol–water partition coefficient (Wildman–Crippen LogP) is 1.07. The van der Waals surface area contributed by atoms with Crippen molar-refractivity contribution in [2.45, 2.75) is 50.6 Å². The molecule has 0 radical (unpaired) electrons. The summed E-state index contributed by atoms with van der Waals surface area (Å²) in [5.74, 6) is -0.718. The molecule has 1 saturated carbocycles. The van der Waals surface area contributed by atoms with E-state index in [1.54, 1.807) is 0 Å². The van der Waals surface area contributed by atoms with E-state index >= 15 is 0 Å². The highest BCUT2D eigenvalue weighted by molar-refractivity contribution is 5.78. The van der Waals surface area contributed by atoms with Crippen LogP contribution in [0.25, 0.3) is 0 Å². The number of carboxylic acid groups (broad SMARTS) is 1. The average Bonchev–Trinajstić information content (AvgIpc) is 3.02. The van der Waals surface area contributed by atoms with Gasteiger partial charge in [0.1, 0.15) is 5.54 Å². The molecule has 92 valence electrons. The topological polar surface area (TPSA) is 52.6 Å². The molecule has 1 saturated heterocycles. The van der Waals surface area contributed by atoms with Gasteiger partial charge < -0.3 is 10.0 Å². The summed E-state index contributed by atoms with van der Waals surface area (Å²) in [6, 6.07) is 0.436. The molecule has 4 nitrogen and oxygen atoms in total. The van der Waals surface area contributed by atoms with Crippen molar-refractivity contribution in [2.75, 3.05) is 19.6 Å². The molecule has 0 aromatic heterocycles. The molecule has 0 amide bonds. The third-order valence-corrected chi connectivity index (χ3v) is 3.56. The Morgan fingerprint density at radius 3 is 2.50 bits per heavy atom. The molecule has 2 fully saturated rings. The summed E-state index contributed by atoms with van der Waals surface area (Å²) in [5, 5.41) is 12.6. The first-order valence-electron chi connectivity index (χ1n) is 6.34. The van der Waals surface area contributed by atoms with Crippen molar-refractivity contribution in [3.63, 3.8) is 0 Å². The fraction of sp³-hybridized carbons (Fsp3) is 0.917. The van der Waals surface area contributed by atoms with Crippen LogP contribution in [-0.4, -0.2) is 47.2 Å². The van der Waals surface area contributed by atoms with Crippen molar-refractivity contribution in [3.8, 4) is 0 Å². The number of hydrogen-bond donors (Lipinski definition) is 2. The van der Waals surface area contributed by atoms with E-state index in [0.29, 0.717) is 12.6 Å². The fourth-order valence-electron chi connectivity index (χ4n) is 2.42.